The van der Waals surface area contributed by atoms with Gasteiger partial charge in [0.15, 0.2) is 0 Å². The number of rotatable bonds is 7. The van der Waals surface area contributed by atoms with Gasteiger partial charge in [-0.2, -0.15) is 0 Å². The van der Waals surface area contributed by atoms with E-state index in [0.717, 1.165) is 26.2 Å². The highest BCUT2D eigenvalue weighted by Gasteiger charge is 2.21. The number of nitrogens with zero attached hydrogens (tertiary/aromatic N) is 1. The van der Waals surface area contributed by atoms with Gasteiger partial charge in [0.05, 0.1) is 12.7 Å². The number of hydrogen-bond donors (Lipinski definition) is 2. The maximum absolute atomic E-state index is 9.83. The Morgan fingerprint density at radius 3 is 2.62 bits per heavy atom. The maximum Gasteiger partial charge on any atom is 0.0900 e. The van der Waals surface area contributed by atoms with Gasteiger partial charge in [-0.15, -0.1) is 0 Å². The molecule has 4 nitrogen and oxygen atoms in total. The van der Waals surface area contributed by atoms with E-state index in [1.54, 1.807) is 0 Å². The Labute approximate surface area is 99.0 Å². The summed E-state index contributed by atoms with van der Waals surface area (Å²) in [5.41, 5.74) is 0. The Bertz CT molecular complexity index is 172. The van der Waals surface area contributed by atoms with Crippen molar-refractivity contribution in [3.05, 3.63) is 0 Å². The van der Waals surface area contributed by atoms with Crippen LogP contribution >= 0.6 is 0 Å². The Balaban J connectivity index is 2.29. The zero-order valence-electron chi connectivity index (χ0n) is 10.6. The molecule has 0 amide bonds. The van der Waals surface area contributed by atoms with Gasteiger partial charge in [-0.05, 0) is 39.4 Å². The third-order valence-corrected chi connectivity index (χ3v) is 3.19. The Hall–Kier alpha value is -0.160. The maximum atomic E-state index is 9.83. The predicted molar refractivity (Wildman–Crippen MR) is 65.6 cm³/mol. The molecule has 1 heterocycles. The second-order valence-corrected chi connectivity index (χ2v) is 4.38. The summed E-state index contributed by atoms with van der Waals surface area (Å²) in [6, 6.07) is 0.627. The first-order valence-electron chi connectivity index (χ1n) is 6.48. The highest BCUT2D eigenvalue weighted by Crippen LogP contribution is 2.12. The molecule has 0 aromatic carbocycles. The standard InChI is InChI=1S/C12H26N2O2/c1-3-14(9-12(15)10-16-4-2)11-5-7-13-8-6-11/h11-13,15H,3-10H2,1-2H3. The molecule has 1 fully saturated rings. The number of hydrogen-bond acceptors (Lipinski definition) is 4. The zero-order chi connectivity index (χ0) is 11.8. The molecule has 1 rings (SSSR count). The highest BCUT2D eigenvalue weighted by atomic mass is 16.5. The summed E-state index contributed by atoms with van der Waals surface area (Å²) >= 11 is 0. The van der Waals surface area contributed by atoms with Crippen LogP contribution in [0.2, 0.25) is 0 Å². The van der Waals surface area contributed by atoms with Crippen LogP contribution in [0, 0.1) is 0 Å². The van der Waals surface area contributed by atoms with E-state index in [9.17, 15) is 5.11 Å². The molecule has 0 bridgehead atoms. The molecule has 2 N–H and O–H groups in total. The molecule has 0 aromatic heterocycles. The summed E-state index contributed by atoms with van der Waals surface area (Å²) in [5, 5.41) is 13.2. The van der Waals surface area contributed by atoms with Gasteiger partial charge < -0.3 is 15.2 Å². The molecule has 1 saturated heterocycles. The highest BCUT2D eigenvalue weighted by molar-refractivity contribution is 4.78. The first-order chi connectivity index (χ1) is 7.77. The van der Waals surface area contributed by atoms with Crippen LogP contribution in [0.15, 0.2) is 0 Å². The van der Waals surface area contributed by atoms with Crippen molar-refractivity contribution in [2.45, 2.75) is 38.8 Å². The molecule has 0 aliphatic carbocycles. The lowest BCUT2D eigenvalue weighted by Crippen LogP contribution is -2.46. The molecule has 4 heteroatoms. The van der Waals surface area contributed by atoms with E-state index >= 15 is 0 Å². The van der Waals surface area contributed by atoms with E-state index in [2.05, 4.69) is 17.1 Å². The lowest BCUT2D eigenvalue weighted by Gasteiger charge is -2.35. The normalized spacial score (nSPS) is 20.2. The van der Waals surface area contributed by atoms with Crippen molar-refractivity contribution in [3.8, 4) is 0 Å². The average molecular weight is 230 g/mol. The minimum absolute atomic E-state index is 0.352. The van der Waals surface area contributed by atoms with E-state index in [-0.39, 0.29) is 6.10 Å². The number of nitrogens with one attached hydrogen (secondary N) is 1. The van der Waals surface area contributed by atoms with Gasteiger partial charge in [-0.3, -0.25) is 4.90 Å². The minimum atomic E-state index is -0.352. The monoisotopic (exact) mass is 230 g/mol. The van der Waals surface area contributed by atoms with Gasteiger partial charge in [0, 0.05) is 19.2 Å². The molecule has 0 saturated carbocycles. The molecule has 1 aliphatic heterocycles. The van der Waals surface area contributed by atoms with Crippen LogP contribution < -0.4 is 5.32 Å². The van der Waals surface area contributed by atoms with Gasteiger partial charge in [0.25, 0.3) is 0 Å². The fraction of sp³-hybridized carbons (Fsp3) is 1.00. The van der Waals surface area contributed by atoms with Crippen LogP contribution in [0.5, 0.6) is 0 Å². The van der Waals surface area contributed by atoms with Crippen LogP contribution in [-0.2, 0) is 4.74 Å². The lowest BCUT2D eigenvalue weighted by molar-refractivity contribution is 0.0103. The van der Waals surface area contributed by atoms with Crippen molar-refractivity contribution in [1.29, 1.82) is 0 Å². The van der Waals surface area contributed by atoms with E-state index < -0.39 is 0 Å². The van der Waals surface area contributed by atoms with E-state index in [1.807, 2.05) is 6.92 Å². The summed E-state index contributed by atoms with van der Waals surface area (Å²) in [5.74, 6) is 0. The first kappa shape index (κ1) is 13.9. The molecule has 0 spiro atoms. The second-order valence-electron chi connectivity index (χ2n) is 4.38. The van der Waals surface area contributed by atoms with E-state index in [4.69, 9.17) is 4.74 Å². The van der Waals surface area contributed by atoms with Gasteiger partial charge in [0.1, 0.15) is 0 Å². The third kappa shape index (κ3) is 4.78. The topological polar surface area (TPSA) is 44.7 Å². The predicted octanol–water partition coefficient (Wildman–Crippen LogP) is 0.458. The summed E-state index contributed by atoms with van der Waals surface area (Å²) in [6.07, 6.45) is 2.03. The fourth-order valence-electron chi connectivity index (χ4n) is 2.29. The molecular weight excluding hydrogens is 204 g/mol. The summed E-state index contributed by atoms with van der Waals surface area (Å²) in [6.45, 7) is 9.20. The second kappa shape index (κ2) is 8.01. The quantitative estimate of drug-likeness (QED) is 0.667. The Morgan fingerprint density at radius 2 is 2.06 bits per heavy atom. The Kier molecular flexibility index (Phi) is 6.96. The van der Waals surface area contributed by atoms with Crippen LogP contribution in [0.3, 0.4) is 0 Å². The van der Waals surface area contributed by atoms with Gasteiger partial charge in [-0.25, -0.2) is 0 Å². The number of piperidine rings is 1. The molecule has 96 valence electrons. The summed E-state index contributed by atoms with van der Waals surface area (Å²) in [4.78, 5) is 2.38. The van der Waals surface area contributed by atoms with Crippen molar-refractivity contribution in [2.24, 2.45) is 0 Å². The smallest absolute Gasteiger partial charge is 0.0900 e. The first-order valence-corrected chi connectivity index (χ1v) is 6.48. The summed E-state index contributed by atoms with van der Waals surface area (Å²) in [7, 11) is 0. The molecule has 1 atom stereocenters. The number of likely N-dealkylation sites (N-methyl/N-ethyl adjacent to an activating group) is 1. The summed E-state index contributed by atoms with van der Waals surface area (Å²) < 4.78 is 5.24. The minimum Gasteiger partial charge on any atom is -0.389 e. The molecule has 1 unspecified atom stereocenters. The molecule has 16 heavy (non-hydrogen) atoms. The van der Waals surface area contributed by atoms with Crippen LogP contribution in [0.25, 0.3) is 0 Å². The van der Waals surface area contributed by atoms with Gasteiger partial charge >= 0.3 is 0 Å². The SMILES string of the molecule is CCOCC(O)CN(CC)C1CCNCC1. The molecule has 0 aromatic rings. The van der Waals surface area contributed by atoms with Crippen molar-refractivity contribution < 1.29 is 9.84 Å². The van der Waals surface area contributed by atoms with Crippen LogP contribution in [0.1, 0.15) is 26.7 Å². The van der Waals surface area contributed by atoms with Crippen molar-refractivity contribution in [2.75, 3.05) is 39.4 Å². The lowest BCUT2D eigenvalue weighted by atomic mass is 10.0. The third-order valence-electron chi connectivity index (χ3n) is 3.19. The van der Waals surface area contributed by atoms with E-state index in [0.29, 0.717) is 19.3 Å². The molecule has 1 aliphatic rings. The van der Waals surface area contributed by atoms with Crippen molar-refractivity contribution in [1.82, 2.24) is 10.2 Å². The molecule has 0 radical (unpaired) electrons. The van der Waals surface area contributed by atoms with Gasteiger partial charge in [0.2, 0.25) is 0 Å². The van der Waals surface area contributed by atoms with Crippen molar-refractivity contribution in [3.63, 3.8) is 0 Å². The van der Waals surface area contributed by atoms with E-state index in [1.165, 1.54) is 12.8 Å². The number of aliphatic hydroxyl groups excluding tert-OH is 1. The zero-order valence-corrected chi connectivity index (χ0v) is 10.6. The number of ether oxygens (including phenoxy) is 1. The fourth-order valence-corrected chi connectivity index (χ4v) is 2.29. The van der Waals surface area contributed by atoms with Crippen molar-refractivity contribution >= 4 is 0 Å². The average Bonchev–Trinajstić information content (AvgIpc) is 2.34. The van der Waals surface area contributed by atoms with Crippen LogP contribution in [0.4, 0.5) is 0 Å². The van der Waals surface area contributed by atoms with Gasteiger partial charge in [-0.1, -0.05) is 6.92 Å². The number of aliphatic hydroxyl groups is 1. The largest absolute Gasteiger partial charge is 0.389 e. The van der Waals surface area contributed by atoms with Crippen LogP contribution in [-0.4, -0.2) is 61.5 Å². The Morgan fingerprint density at radius 1 is 1.38 bits per heavy atom. The molecular formula is C12H26N2O2.